The Hall–Kier alpha value is -1.06. The lowest BCUT2D eigenvalue weighted by Crippen LogP contribution is -2.17. The quantitative estimate of drug-likeness (QED) is 0.837. The van der Waals surface area contributed by atoms with Gasteiger partial charge in [-0.15, -0.1) is 12.4 Å². The average Bonchev–Trinajstić information content (AvgIpc) is 2.16. The van der Waals surface area contributed by atoms with Crippen molar-refractivity contribution in [3.8, 4) is 0 Å². The van der Waals surface area contributed by atoms with Crippen LogP contribution in [0.1, 0.15) is 35.8 Å². The van der Waals surface area contributed by atoms with Crippen molar-refractivity contribution in [2.24, 2.45) is 11.7 Å². The summed E-state index contributed by atoms with van der Waals surface area (Å²) in [5.74, 6) is -0.609. The Morgan fingerprint density at radius 2 is 2.00 bits per heavy atom. The van der Waals surface area contributed by atoms with Gasteiger partial charge in [0.1, 0.15) is 0 Å². The van der Waals surface area contributed by atoms with E-state index in [1.165, 1.54) is 0 Å². The predicted molar refractivity (Wildman–Crippen MR) is 62.4 cm³/mol. The van der Waals surface area contributed by atoms with E-state index in [4.69, 9.17) is 10.8 Å². The Bertz CT molecular complexity index is 339. The van der Waals surface area contributed by atoms with E-state index >= 15 is 0 Å². The molecule has 3 N–H and O–H groups in total. The third kappa shape index (κ3) is 3.53. The Kier molecular flexibility index (Phi) is 5.33. The number of nitrogens with two attached hydrogens (primary N) is 1. The number of carboxylic acids is 1. The fourth-order valence-corrected chi connectivity index (χ4v) is 1.26. The number of benzene rings is 1. The zero-order valence-electron chi connectivity index (χ0n) is 8.81. The number of rotatable bonds is 3. The fraction of sp³-hybridized carbons (Fsp3) is 0.364. The molecule has 0 aliphatic heterocycles. The summed E-state index contributed by atoms with van der Waals surface area (Å²) in [6, 6.07) is 6.68. The number of halogens is 1. The van der Waals surface area contributed by atoms with Gasteiger partial charge in [-0.1, -0.05) is 26.0 Å². The third-order valence-electron chi connectivity index (χ3n) is 2.24. The summed E-state index contributed by atoms with van der Waals surface area (Å²) < 4.78 is 0. The Morgan fingerprint density at radius 3 is 2.47 bits per heavy atom. The van der Waals surface area contributed by atoms with Crippen LogP contribution < -0.4 is 5.73 Å². The maximum absolute atomic E-state index is 10.7. The minimum absolute atomic E-state index is 0. The molecule has 1 atom stereocenters. The van der Waals surface area contributed by atoms with Crippen LogP contribution in [0.15, 0.2) is 24.3 Å². The first-order valence-corrected chi connectivity index (χ1v) is 4.61. The highest BCUT2D eigenvalue weighted by molar-refractivity contribution is 5.87. The van der Waals surface area contributed by atoms with E-state index in [1.54, 1.807) is 18.2 Å². The maximum Gasteiger partial charge on any atom is 0.335 e. The summed E-state index contributed by atoms with van der Waals surface area (Å²) in [4.78, 5) is 10.7. The molecule has 84 valence electrons. The van der Waals surface area contributed by atoms with Gasteiger partial charge in [-0.2, -0.15) is 0 Å². The molecule has 4 heteroatoms. The summed E-state index contributed by atoms with van der Waals surface area (Å²) in [6.45, 7) is 4.02. The van der Waals surface area contributed by atoms with Gasteiger partial charge in [0.2, 0.25) is 0 Å². The molecule has 1 unspecified atom stereocenters. The molecule has 0 saturated heterocycles. The molecular formula is C11H16ClNO2. The molecule has 0 radical (unpaired) electrons. The molecular weight excluding hydrogens is 214 g/mol. The van der Waals surface area contributed by atoms with Crippen LogP contribution in [0, 0.1) is 5.92 Å². The highest BCUT2D eigenvalue weighted by Crippen LogP contribution is 2.19. The molecule has 0 heterocycles. The van der Waals surface area contributed by atoms with Gasteiger partial charge < -0.3 is 10.8 Å². The van der Waals surface area contributed by atoms with Crippen molar-refractivity contribution in [2.75, 3.05) is 0 Å². The molecule has 0 aliphatic rings. The van der Waals surface area contributed by atoms with E-state index in [-0.39, 0.29) is 18.4 Å². The largest absolute Gasteiger partial charge is 0.478 e. The summed E-state index contributed by atoms with van der Waals surface area (Å²) in [5, 5.41) is 8.79. The maximum atomic E-state index is 10.7. The van der Waals surface area contributed by atoms with Crippen molar-refractivity contribution in [2.45, 2.75) is 19.9 Å². The van der Waals surface area contributed by atoms with Crippen LogP contribution in [0.4, 0.5) is 0 Å². The lowest BCUT2D eigenvalue weighted by molar-refractivity contribution is 0.0696. The minimum Gasteiger partial charge on any atom is -0.478 e. The van der Waals surface area contributed by atoms with Crippen molar-refractivity contribution in [3.05, 3.63) is 35.4 Å². The lowest BCUT2D eigenvalue weighted by Gasteiger charge is -2.16. The first-order chi connectivity index (χ1) is 6.52. The first-order valence-electron chi connectivity index (χ1n) is 4.61. The van der Waals surface area contributed by atoms with Gasteiger partial charge in [0.25, 0.3) is 0 Å². The Labute approximate surface area is 95.7 Å². The first kappa shape index (κ1) is 13.9. The number of hydrogen-bond donors (Lipinski definition) is 2. The van der Waals surface area contributed by atoms with Crippen LogP contribution in [-0.4, -0.2) is 11.1 Å². The Morgan fingerprint density at radius 1 is 1.40 bits per heavy atom. The van der Waals surface area contributed by atoms with Crippen LogP contribution in [0.25, 0.3) is 0 Å². The van der Waals surface area contributed by atoms with Gasteiger partial charge in [-0.3, -0.25) is 0 Å². The number of aromatic carboxylic acids is 1. The topological polar surface area (TPSA) is 63.3 Å². The monoisotopic (exact) mass is 229 g/mol. The van der Waals surface area contributed by atoms with Gasteiger partial charge in [0.05, 0.1) is 5.56 Å². The summed E-state index contributed by atoms with van der Waals surface area (Å²) in [6.07, 6.45) is 0. The molecule has 0 aromatic heterocycles. The average molecular weight is 230 g/mol. The molecule has 1 aromatic carbocycles. The van der Waals surface area contributed by atoms with E-state index in [2.05, 4.69) is 0 Å². The fourth-order valence-electron chi connectivity index (χ4n) is 1.26. The molecule has 3 nitrogen and oxygen atoms in total. The minimum atomic E-state index is -0.914. The zero-order chi connectivity index (χ0) is 10.7. The van der Waals surface area contributed by atoms with Gasteiger partial charge in [-0.25, -0.2) is 4.79 Å². The van der Waals surface area contributed by atoms with Crippen molar-refractivity contribution < 1.29 is 9.90 Å². The molecule has 0 amide bonds. The van der Waals surface area contributed by atoms with Crippen LogP contribution >= 0.6 is 12.4 Å². The van der Waals surface area contributed by atoms with Crippen molar-refractivity contribution in [1.29, 1.82) is 0 Å². The summed E-state index contributed by atoms with van der Waals surface area (Å²) >= 11 is 0. The van der Waals surface area contributed by atoms with Crippen LogP contribution in [0.2, 0.25) is 0 Å². The molecule has 0 spiro atoms. The van der Waals surface area contributed by atoms with Crippen LogP contribution in [0.3, 0.4) is 0 Å². The standard InChI is InChI=1S/C11H15NO2.ClH/c1-7(2)10(12)8-4-3-5-9(6-8)11(13)14;/h3-7,10H,12H2,1-2H3,(H,13,14);1H. The molecule has 1 aromatic rings. The van der Waals surface area contributed by atoms with E-state index in [0.29, 0.717) is 11.5 Å². The highest BCUT2D eigenvalue weighted by atomic mass is 35.5. The normalized spacial score (nSPS) is 12.0. The van der Waals surface area contributed by atoms with E-state index in [9.17, 15) is 4.79 Å². The number of hydrogen-bond acceptors (Lipinski definition) is 2. The molecule has 15 heavy (non-hydrogen) atoms. The summed E-state index contributed by atoms with van der Waals surface area (Å²) in [7, 11) is 0. The molecule has 0 fully saturated rings. The molecule has 0 bridgehead atoms. The van der Waals surface area contributed by atoms with E-state index < -0.39 is 5.97 Å². The smallest absolute Gasteiger partial charge is 0.335 e. The van der Waals surface area contributed by atoms with Crippen molar-refractivity contribution >= 4 is 18.4 Å². The second-order valence-corrected chi connectivity index (χ2v) is 3.70. The molecule has 0 saturated carbocycles. The lowest BCUT2D eigenvalue weighted by atomic mass is 9.96. The van der Waals surface area contributed by atoms with E-state index in [1.807, 2.05) is 19.9 Å². The summed E-state index contributed by atoms with van der Waals surface area (Å²) in [5.41, 5.74) is 7.08. The van der Waals surface area contributed by atoms with Crippen LogP contribution in [0.5, 0.6) is 0 Å². The SMILES string of the molecule is CC(C)C(N)c1cccc(C(=O)O)c1.Cl. The van der Waals surface area contributed by atoms with Gasteiger partial charge >= 0.3 is 5.97 Å². The predicted octanol–water partition coefficient (Wildman–Crippen LogP) is 2.46. The molecule has 1 rings (SSSR count). The number of carboxylic acid groups (broad SMARTS) is 1. The third-order valence-corrected chi connectivity index (χ3v) is 2.24. The van der Waals surface area contributed by atoms with Gasteiger partial charge in [0, 0.05) is 6.04 Å². The number of carbonyl (C=O) groups is 1. The van der Waals surface area contributed by atoms with Crippen LogP contribution in [-0.2, 0) is 0 Å². The molecule has 0 aliphatic carbocycles. The second kappa shape index (κ2) is 5.73. The highest BCUT2D eigenvalue weighted by Gasteiger charge is 2.12. The van der Waals surface area contributed by atoms with Crippen molar-refractivity contribution in [1.82, 2.24) is 0 Å². The Balaban J connectivity index is 0.00000196. The van der Waals surface area contributed by atoms with Crippen molar-refractivity contribution in [3.63, 3.8) is 0 Å². The van der Waals surface area contributed by atoms with Gasteiger partial charge in [-0.05, 0) is 23.6 Å². The van der Waals surface area contributed by atoms with E-state index in [0.717, 1.165) is 5.56 Å². The second-order valence-electron chi connectivity index (χ2n) is 3.70. The zero-order valence-corrected chi connectivity index (χ0v) is 9.62. The van der Waals surface area contributed by atoms with Gasteiger partial charge in [0.15, 0.2) is 0 Å².